The summed E-state index contributed by atoms with van der Waals surface area (Å²) in [5.74, 6) is 1.36. The Morgan fingerprint density at radius 2 is 1.93 bits per heavy atom. The van der Waals surface area contributed by atoms with E-state index >= 15 is 0 Å². The molecule has 0 bridgehead atoms. The number of halogens is 1. The van der Waals surface area contributed by atoms with Crippen LogP contribution in [0, 0.1) is 6.92 Å². The van der Waals surface area contributed by atoms with E-state index in [1.54, 1.807) is 16.4 Å². The standard InChI is InChI=1S/C22H22BrN5OS/c1-4-30-22-26-21-24-14(3)18(20(29)25-17-8-6-5-7-13(17)2)19(28(21)27-22)15-9-11-16(23)12-10-15/h5-12,19H,4H2,1-3H3,(H,25,29)(H,24,26,27)/t19-/m0/s1. The Hall–Kier alpha value is -2.58. The van der Waals surface area contributed by atoms with E-state index in [4.69, 9.17) is 5.10 Å². The summed E-state index contributed by atoms with van der Waals surface area (Å²) in [6.45, 7) is 5.95. The fourth-order valence-electron chi connectivity index (χ4n) is 3.47. The Kier molecular flexibility index (Phi) is 5.97. The highest BCUT2D eigenvalue weighted by molar-refractivity contribution is 9.10. The zero-order valence-electron chi connectivity index (χ0n) is 16.9. The van der Waals surface area contributed by atoms with Crippen molar-refractivity contribution >= 4 is 45.2 Å². The van der Waals surface area contributed by atoms with E-state index in [-0.39, 0.29) is 11.9 Å². The molecular formula is C22H22BrN5OS. The maximum atomic E-state index is 13.4. The number of amides is 1. The molecule has 1 aromatic heterocycles. The first-order valence-corrected chi connectivity index (χ1v) is 11.5. The second kappa shape index (κ2) is 8.65. The molecule has 0 radical (unpaired) electrons. The molecule has 8 heteroatoms. The quantitative estimate of drug-likeness (QED) is 0.476. The number of thioether (sulfide) groups is 1. The number of benzene rings is 2. The Bertz CT molecular complexity index is 1120. The molecule has 1 amide bonds. The van der Waals surface area contributed by atoms with Gasteiger partial charge in [0.25, 0.3) is 5.91 Å². The third kappa shape index (κ3) is 4.02. The van der Waals surface area contributed by atoms with Gasteiger partial charge >= 0.3 is 0 Å². The summed E-state index contributed by atoms with van der Waals surface area (Å²) in [6, 6.07) is 15.3. The number of aromatic nitrogens is 3. The zero-order valence-corrected chi connectivity index (χ0v) is 19.3. The van der Waals surface area contributed by atoms with Crippen LogP contribution >= 0.6 is 27.7 Å². The lowest BCUT2D eigenvalue weighted by Gasteiger charge is -2.28. The molecule has 3 aromatic rings. The van der Waals surface area contributed by atoms with E-state index in [2.05, 4.69) is 38.5 Å². The number of aryl methyl sites for hydroxylation is 1. The largest absolute Gasteiger partial charge is 0.328 e. The number of allylic oxidation sites excluding steroid dienone is 1. The molecule has 1 atom stereocenters. The van der Waals surface area contributed by atoms with Crippen LogP contribution in [-0.2, 0) is 4.79 Å². The molecule has 0 saturated carbocycles. The molecule has 2 aromatic carbocycles. The normalized spacial score (nSPS) is 15.5. The first-order chi connectivity index (χ1) is 14.5. The lowest BCUT2D eigenvalue weighted by atomic mass is 9.95. The van der Waals surface area contributed by atoms with Crippen LogP contribution < -0.4 is 10.6 Å². The fourth-order valence-corrected chi connectivity index (χ4v) is 4.29. The van der Waals surface area contributed by atoms with Crippen LogP contribution in [0.15, 0.2) is 69.4 Å². The minimum atomic E-state index is -0.378. The number of hydrogen-bond donors (Lipinski definition) is 2. The van der Waals surface area contributed by atoms with E-state index in [1.807, 2.05) is 62.4 Å². The van der Waals surface area contributed by atoms with Crippen molar-refractivity contribution in [1.82, 2.24) is 14.8 Å². The molecule has 0 spiro atoms. The third-order valence-electron chi connectivity index (χ3n) is 4.93. The van der Waals surface area contributed by atoms with E-state index < -0.39 is 0 Å². The van der Waals surface area contributed by atoms with Crippen molar-refractivity contribution < 1.29 is 4.79 Å². The van der Waals surface area contributed by atoms with E-state index in [0.717, 1.165) is 32.7 Å². The second-order valence-corrected chi connectivity index (χ2v) is 9.13. The number of nitrogens with zero attached hydrogens (tertiary/aromatic N) is 3. The number of carbonyl (C=O) groups excluding carboxylic acids is 1. The molecule has 0 saturated heterocycles. The van der Waals surface area contributed by atoms with Gasteiger partial charge in [0, 0.05) is 15.9 Å². The summed E-state index contributed by atoms with van der Waals surface area (Å²) >= 11 is 5.07. The van der Waals surface area contributed by atoms with Crippen molar-refractivity contribution in [2.75, 3.05) is 16.4 Å². The molecule has 1 aliphatic rings. The molecule has 2 N–H and O–H groups in total. The van der Waals surface area contributed by atoms with Crippen LogP contribution in [0.1, 0.15) is 31.0 Å². The Morgan fingerprint density at radius 1 is 1.20 bits per heavy atom. The van der Waals surface area contributed by atoms with Gasteiger partial charge in [-0.3, -0.25) is 4.79 Å². The van der Waals surface area contributed by atoms with Crippen molar-refractivity contribution in [3.63, 3.8) is 0 Å². The highest BCUT2D eigenvalue weighted by Gasteiger charge is 2.34. The Morgan fingerprint density at radius 3 is 2.63 bits per heavy atom. The molecule has 30 heavy (non-hydrogen) atoms. The number of nitrogens with one attached hydrogen (secondary N) is 2. The minimum absolute atomic E-state index is 0.159. The summed E-state index contributed by atoms with van der Waals surface area (Å²) in [5, 5.41) is 11.7. The summed E-state index contributed by atoms with van der Waals surface area (Å²) in [6.07, 6.45) is 0. The molecular weight excluding hydrogens is 462 g/mol. The monoisotopic (exact) mass is 483 g/mol. The summed E-state index contributed by atoms with van der Waals surface area (Å²) in [5.41, 5.74) is 4.15. The SMILES string of the molecule is CCSc1nc2n(n1)[C@@H](c1ccc(Br)cc1)C(C(=O)Nc1ccccc1C)=C(C)N2. The van der Waals surface area contributed by atoms with Crippen molar-refractivity contribution in [3.05, 3.63) is 75.4 Å². The number of rotatable bonds is 5. The maximum Gasteiger partial charge on any atom is 0.255 e. The zero-order chi connectivity index (χ0) is 21.3. The van der Waals surface area contributed by atoms with Crippen LogP contribution in [0.4, 0.5) is 11.6 Å². The summed E-state index contributed by atoms with van der Waals surface area (Å²) in [4.78, 5) is 18.0. The number of para-hydroxylation sites is 1. The van der Waals surface area contributed by atoms with E-state index in [9.17, 15) is 4.79 Å². The van der Waals surface area contributed by atoms with Gasteiger partial charge in [-0.15, -0.1) is 5.10 Å². The van der Waals surface area contributed by atoms with Gasteiger partial charge in [-0.2, -0.15) is 4.98 Å². The molecule has 6 nitrogen and oxygen atoms in total. The molecule has 154 valence electrons. The molecule has 0 fully saturated rings. The van der Waals surface area contributed by atoms with Crippen molar-refractivity contribution in [1.29, 1.82) is 0 Å². The van der Waals surface area contributed by atoms with Crippen LogP contribution in [0.25, 0.3) is 0 Å². The maximum absolute atomic E-state index is 13.4. The van der Waals surface area contributed by atoms with Crippen LogP contribution in [0.5, 0.6) is 0 Å². The first-order valence-electron chi connectivity index (χ1n) is 9.67. The second-order valence-electron chi connectivity index (χ2n) is 6.98. The highest BCUT2D eigenvalue weighted by Crippen LogP contribution is 2.37. The molecule has 2 heterocycles. The molecule has 4 rings (SSSR count). The Labute approximate surface area is 188 Å². The fraction of sp³-hybridized carbons (Fsp3) is 0.227. The van der Waals surface area contributed by atoms with Crippen molar-refractivity contribution in [2.45, 2.75) is 32.0 Å². The van der Waals surface area contributed by atoms with Gasteiger partial charge in [-0.05, 0) is 48.9 Å². The number of carbonyl (C=O) groups is 1. The lowest BCUT2D eigenvalue weighted by Crippen LogP contribution is -2.31. The smallest absolute Gasteiger partial charge is 0.255 e. The first kappa shape index (κ1) is 20.7. The average molecular weight is 484 g/mol. The van der Waals surface area contributed by atoms with Crippen LogP contribution in [-0.4, -0.2) is 26.4 Å². The van der Waals surface area contributed by atoms with Crippen LogP contribution in [0.2, 0.25) is 0 Å². The molecule has 0 aliphatic carbocycles. The Balaban J connectivity index is 1.78. The minimum Gasteiger partial charge on any atom is -0.328 e. The van der Waals surface area contributed by atoms with Gasteiger partial charge in [0.1, 0.15) is 6.04 Å². The highest BCUT2D eigenvalue weighted by atomic mass is 79.9. The number of hydrogen-bond acceptors (Lipinski definition) is 5. The van der Waals surface area contributed by atoms with Gasteiger partial charge in [0.2, 0.25) is 11.1 Å². The van der Waals surface area contributed by atoms with Gasteiger partial charge in [0.05, 0.1) is 5.57 Å². The molecule has 1 aliphatic heterocycles. The van der Waals surface area contributed by atoms with Gasteiger partial charge < -0.3 is 10.6 Å². The predicted octanol–water partition coefficient (Wildman–Crippen LogP) is 5.39. The van der Waals surface area contributed by atoms with Crippen molar-refractivity contribution in [3.8, 4) is 0 Å². The average Bonchev–Trinajstić information content (AvgIpc) is 3.11. The van der Waals surface area contributed by atoms with E-state index in [1.165, 1.54) is 0 Å². The number of anilines is 2. The molecule has 0 unspecified atom stereocenters. The van der Waals surface area contributed by atoms with Crippen LogP contribution in [0.3, 0.4) is 0 Å². The predicted molar refractivity (Wildman–Crippen MR) is 125 cm³/mol. The lowest BCUT2D eigenvalue weighted by molar-refractivity contribution is -0.113. The summed E-state index contributed by atoms with van der Waals surface area (Å²) in [7, 11) is 0. The number of fused-ring (bicyclic) bond motifs is 1. The van der Waals surface area contributed by atoms with Crippen molar-refractivity contribution in [2.24, 2.45) is 0 Å². The van der Waals surface area contributed by atoms with E-state index in [0.29, 0.717) is 16.7 Å². The van der Waals surface area contributed by atoms with Gasteiger partial charge in [0.15, 0.2) is 0 Å². The van der Waals surface area contributed by atoms with Gasteiger partial charge in [-0.1, -0.05) is 64.9 Å². The summed E-state index contributed by atoms with van der Waals surface area (Å²) < 4.78 is 2.79. The third-order valence-corrected chi connectivity index (χ3v) is 6.18. The van der Waals surface area contributed by atoms with Gasteiger partial charge in [-0.25, -0.2) is 4.68 Å². The topological polar surface area (TPSA) is 71.8 Å².